The highest BCUT2D eigenvalue weighted by atomic mass is 14.2. The molecule has 0 radical (unpaired) electrons. The molecule has 0 aliphatic carbocycles. The van der Waals surface area contributed by atoms with Crippen molar-refractivity contribution in [3.63, 3.8) is 0 Å². The Morgan fingerprint density at radius 1 is 0.500 bits per heavy atom. The zero-order valence-electron chi connectivity index (χ0n) is 16.5. The summed E-state index contributed by atoms with van der Waals surface area (Å²) in [6.45, 7) is 9.53. The Morgan fingerprint density at radius 3 is 1.36 bits per heavy atom. The van der Waals surface area contributed by atoms with Crippen LogP contribution in [0.3, 0.4) is 0 Å². The Hall–Kier alpha value is 0. The van der Waals surface area contributed by atoms with Gasteiger partial charge < -0.3 is 0 Å². The molecular weight excluding hydrogens is 264 g/mol. The minimum Gasteiger partial charge on any atom is -0.0654 e. The van der Waals surface area contributed by atoms with Crippen LogP contribution in [0.5, 0.6) is 0 Å². The van der Waals surface area contributed by atoms with E-state index in [2.05, 4.69) is 27.7 Å². The summed E-state index contributed by atoms with van der Waals surface area (Å²) in [6, 6.07) is 0. The lowest BCUT2D eigenvalue weighted by Gasteiger charge is -2.22. The van der Waals surface area contributed by atoms with Gasteiger partial charge in [0, 0.05) is 0 Å². The first-order valence-electron chi connectivity index (χ1n) is 10.8. The van der Waals surface area contributed by atoms with E-state index in [0.717, 1.165) is 11.8 Å². The van der Waals surface area contributed by atoms with Crippen LogP contribution < -0.4 is 0 Å². The summed E-state index contributed by atoms with van der Waals surface area (Å²) in [5.74, 6) is 1.95. The number of hydrogen-bond donors (Lipinski definition) is 0. The molecule has 2 atom stereocenters. The predicted molar refractivity (Wildman–Crippen MR) is 104 cm³/mol. The van der Waals surface area contributed by atoms with Gasteiger partial charge in [-0.15, -0.1) is 0 Å². The van der Waals surface area contributed by atoms with Gasteiger partial charge in [0.15, 0.2) is 0 Å². The molecule has 0 heteroatoms. The van der Waals surface area contributed by atoms with Gasteiger partial charge in [-0.1, -0.05) is 130 Å². The van der Waals surface area contributed by atoms with Crippen molar-refractivity contribution in [2.75, 3.05) is 0 Å². The second kappa shape index (κ2) is 17.4. The molecule has 0 heterocycles. The normalized spacial score (nSPS) is 14.2. The lowest BCUT2D eigenvalue weighted by Crippen LogP contribution is -2.11. The van der Waals surface area contributed by atoms with Crippen molar-refractivity contribution >= 4 is 0 Å². The van der Waals surface area contributed by atoms with Crippen molar-refractivity contribution < 1.29 is 0 Å². The van der Waals surface area contributed by atoms with E-state index in [1.807, 2.05) is 0 Å². The maximum atomic E-state index is 2.52. The van der Waals surface area contributed by atoms with Crippen LogP contribution in [0.25, 0.3) is 0 Å². The molecule has 0 nitrogen and oxygen atoms in total. The summed E-state index contributed by atoms with van der Waals surface area (Å²) in [5.41, 5.74) is 0. The molecule has 0 N–H and O–H groups in total. The first-order valence-corrected chi connectivity index (χ1v) is 10.8. The molecule has 0 bridgehead atoms. The average Bonchev–Trinajstić information content (AvgIpc) is 2.53. The quantitative estimate of drug-likeness (QED) is 0.236. The first-order chi connectivity index (χ1) is 10.8. The van der Waals surface area contributed by atoms with Gasteiger partial charge in [-0.3, -0.25) is 0 Å². The fourth-order valence-electron chi connectivity index (χ4n) is 3.74. The smallest absolute Gasteiger partial charge is 0.0391 e. The van der Waals surface area contributed by atoms with E-state index in [0.29, 0.717) is 0 Å². The average molecular weight is 311 g/mol. The monoisotopic (exact) mass is 310 g/mol. The molecule has 0 aliphatic rings. The topological polar surface area (TPSA) is 0 Å². The molecule has 0 saturated heterocycles. The summed E-state index contributed by atoms with van der Waals surface area (Å²) in [7, 11) is 0. The molecule has 0 aromatic carbocycles. The molecule has 0 rings (SSSR count). The Bertz CT molecular complexity index is 196. The van der Waals surface area contributed by atoms with E-state index in [-0.39, 0.29) is 0 Å². The van der Waals surface area contributed by atoms with Crippen LogP contribution in [-0.2, 0) is 0 Å². The van der Waals surface area contributed by atoms with Crippen LogP contribution in [0, 0.1) is 11.8 Å². The second-order valence-electron chi connectivity index (χ2n) is 7.61. The van der Waals surface area contributed by atoms with Gasteiger partial charge in [0.25, 0.3) is 0 Å². The summed E-state index contributed by atoms with van der Waals surface area (Å²) in [5, 5.41) is 0. The van der Waals surface area contributed by atoms with Crippen molar-refractivity contribution in [2.45, 2.75) is 130 Å². The van der Waals surface area contributed by atoms with Crippen LogP contribution >= 0.6 is 0 Å². The maximum Gasteiger partial charge on any atom is -0.0391 e. The van der Waals surface area contributed by atoms with Crippen molar-refractivity contribution in [1.82, 2.24) is 0 Å². The van der Waals surface area contributed by atoms with E-state index in [1.165, 1.54) is 103 Å². The van der Waals surface area contributed by atoms with Crippen molar-refractivity contribution in [3.8, 4) is 0 Å². The van der Waals surface area contributed by atoms with Gasteiger partial charge in [0.05, 0.1) is 0 Å². The number of rotatable bonds is 17. The highest BCUT2D eigenvalue weighted by molar-refractivity contribution is 4.66. The highest BCUT2D eigenvalue weighted by Crippen LogP contribution is 2.27. The third kappa shape index (κ3) is 13.6. The van der Waals surface area contributed by atoms with Crippen LogP contribution in [0.4, 0.5) is 0 Å². The molecule has 0 spiro atoms. The summed E-state index contributed by atoms with van der Waals surface area (Å²) in [4.78, 5) is 0. The molecule has 0 aliphatic heterocycles. The largest absolute Gasteiger partial charge is 0.0654 e. The summed E-state index contributed by atoms with van der Waals surface area (Å²) < 4.78 is 0. The molecule has 22 heavy (non-hydrogen) atoms. The van der Waals surface area contributed by atoms with Crippen LogP contribution in [0.2, 0.25) is 0 Å². The van der Waals surface area contributed by atoms with Gasteiger partial charge in [0.1, 0.15) is 0 Å². The lowest BCUT2D eigenvalue weighted by atomic mass is 9.83. The first kappa shape index (κ1) is 22.0. The van der Waals surface area contributed by atoms with Gasteiger partial charge >= 0.3 is 0 Å². The Balaban J connectivity index is 3.50. The summed E-state index contributed by atoms with van der Waals surface area (Å²) >= 11 is 0. The standard InChI is InChI=1S/C22H46/c1-5-8-10-12-13-14-16-17-19-21(4)22(7-3)20-18-15-11-9-6-2/h21-22H,5-20H2,1-4H3. The predicted octanol–water partition coefficient (Wildman–Crippen LogP) is 8.54. The van der Waals surface area contributed by atoms with Crippen molar-refractivity contribution in [1.29, 1.82) is 0 Å². The number of hydrogen-bond acceptors (Lipinski definition) is 0. The SMILES string of the molecule is CCCCCCCCCCC(C)C(CC)CCCCCCC. The van der Waals surface area contributed by atoms with Gasteiger partial charge in [0.2, 0.25) is 0 Å². The van der Waals surface area contributed by atoms with E-state index in [1.54, 1.807) is 0 Å². The Kier molecular flexibility index (Phi) is 17.4. The van der Waals surface area contributed by atoms with Gasteiger partial charge in [-0.2, -0.15) is 0 Å². The van der Waals surface area contributed by atoms with Crippen LogP contribution in [0.15, 0.2) is 0 Å². The fourth-order valence-corrected chi connectivity index (χ4v) is 3.74. The molecular formula is C22H46. The minimum absolute atomic E-state index is 0.955. The van der Waals surface area contributed by atoms with E-state index in [4.69, 9.17) is 0 Å². The van der Waals surface area contributed by atoms with Gasteiger partial charge in [-0.05, 0) is 11.8 Å². The molecule has 2 unspecified atom stereocenters. The third-order valence-electron chi connectivity index (χ3n) is 5.52. The van der Waals surface area contributed by atoms with Crippen molar-refractivity contribution in [3.05, 3.63) is 0 Å². The zero-order valence-corrected chi connectivity index (χ0v) is 16.5. The third-order valence-corrected chi connectivity index (χ3v) is 5.52. The van der Waals surface area contributed by atoms with E-state index >= 15 is 0 Å². The highest BCUT2D eigenvalue weighted by Gasteiger charge is 2.14. The molecule has 0 aromatic heterocycles. The summed E-state index contributed by atoms with van der Waals surface area (Å²) in [6.07, 6.45) is 23.2. The second-order valence-corrected chi connectivity index (χ2v) is 7.61. The Labute approximate surface area is 142 Å². The molecule has 0 aromatic rings. The van der Waals surface area contributed by atoms with Crippen LogP contribution in [0.1, 0.15) is 130 Å². The number of unbranched alkanes of at least 4 members (excludes halogenated alkanes) is 11. The molecule has 0 amide bonds. The lowest BCUT2D eigenvalue weighted by molar-refractivity contribution is 0.291. The van der Waals surface area contributed by atoms with Gasteiger partial charge in [-0.25, -0.2) is 0 Å². The molecule has 0 fully saturated rings. The molecule has 0 saturated carbocycles. The Morgan fingerprint density at radius 2 is 0.909 bits per heavy atom. The fraction of sp³-hybridized carbons (Fsp3) is 1.00. The van der Waals surface area contributed by atoms with Crippen molar-refractivity contribution in [2.24, 2.45) is 11.8 Å². The zero-order chi connectivity index (χ0) is 16.5. The van der Waals surface area contributed by atoms with Crippen LogP contribution in [-0.4, -0.2) is 0 Å². The van der Waals surface area contributed by atoms with E-state index in [9.17, 15) is 0 Å². The minimum atomic E-state index is 0.955. The maximum absolute atomic E-state index is 2.52. The van der Waals surface area contributed by atoms with E-state index < -0.39 is 0 Å². The molecule has 134 valence electrons.